The van der Waals surface area contributed by atoms with Crippen LogP contribution in [0.15, 0.2) is 0 Å². The van der Waals surface area contributed by atoms with Gasteiger partial charge in [-0.15, -0.1) is 0 Å². The zero-order chi connectivity index (χ0) is 24.5. The van der Waals surface area contributed by atoms with Crippen LogP contribution in [0.2, 0.25) is 118 Å². The number of nitrogens with zero attached hydrogens (tertiary/aromatic N) is 4. The summed E-state index contributed by atoms with van der Waals surface area (Å²) in [6, 6.07) is 0. The second-order valence-electron chi connectivity index (χ2n) is 14.8. The maximum atomic E-state index is 3.36. The van der Waals surface area contributed by atoms with Gasteiger partial charge in [0.2, 0.25) is 0 Å². The first-order valence-corrected chi connectivity index (χ1v) is 37.3. The molecule has 0 aromatic rings. The molecule has 30 heavy (non-hydrogen) atoms. The molecule has 0 saturated carbocycles. The molecule has 1 fully saturated rings. The van der Waals surface area contributed by atoms with Gasteiger partial charge in [0.25, 0.3) is 0 Å². The molecule has 0 radical (unpaired) electrons. The molecule has 180 valence electrons. The first kappa shape index (κ1) is 30.3. The fourth-order valence-corrected chi connectivity index (χ4v) is 85.4. The van der Waals surface area contributed by atoms with Gasteiger partial charge >= 0.3 is 209 Å². The van der Waals surface area contributed by atoms with E-state index in [9.17, 15) is 0 Å². The maximum absolute atomic E-state index is 3.36. The summed E-state index contributed by atoms with van der Waals surface area (Å²) in [5.74, 6) is 0. The van der Waals surface area contributed by atoms with E-state index in [1.807, 2.05) is 0 Å². The molecule has 4 nitrogen and oxygen atoms in total. The summed E-state index contributed by atoms with van der Waals surface area (Å²) in [5.41, 5.74) is 0. The molecule has 1 aliphatic rings. The van der Waals surface area contributed by atoms with Crippen molar-refractivity contribution in [2.24, 2.45) is 0 Å². The first-order chi connectivity index (χ1) is 12.7. The summed E-state index contributed by atoms with van der Waals surface area (Å²) in [4.78, 5) is 0. The molecule has 0 atom stereocenters. The average molecular weight is 645 g/mol. The Hall–Kier alpha value is 2.26. The molecule has 0 amide bonds. The van der Waals surface area contributed by atoms with Crippen LogP contribution in [-0.4, -0.2) is 91.2 Å². The molecule has 0 aromatic heterocycles. The van der Waals surface area contributed by atoms with Gasteiger partial charge in [-0.3, -0.25) is 0 Å². The van der Waals surface area contributed by atoms with E-state index < -0.39 is 80.1 Å². The third-order valence-electron chi connectivity index (χ3n) is 4.78. The second kappa shape index (κ2) is 9.04. The zero-order valence-corrected chi connectivity index (χ0v) is 33.4. The van der Waals surface area contributed by atoms with Crippen LogP contribution in [0.1, 0.15) is 0 Å². The summed E-state index contributed by atoms with van der Waals surface area (Å²) in [6.45, 7) is 47.6. The summed E-state index contributed by atoms with van der Waals surface area (Å²) in [6.07, 6.45) is 0. The van der Waals surface area contributed by atoms with Gasteiger partial charge in [-0.2, -0.15) is 0 Å². The Morgan fingerprint density at radius 1 is 0.367 bits per heavy atom. The van der Waals surface area contributed by atoms with Crippen LogP contribution >= 0.6 is 0 Å². The Morgan fingerprint density at radius 2 is 0.533 bits per heavy atom. The third kappa shape index (κ3) is 6.68. The van der Waals surface area contributed by atoms with E-state index in [0.29, 0.717) is 0 Å². The second-order valence-corrected chi connectivity index (χ2v) is 61.2. The average Bonchev–Trinajstić information content (AvgIpc) is 2.25. The van der Waals surface area contributed by atoms with E-state index in [1.54, 1.807) is 0 Å². The van der Waals surface area contributed by atoms with Crippen molar-refractivity contribution < 1.29 is 0 Å². The fraction of sp³-hybridized carbons (Fsp3) is 1.00. The molecular weight excluding hydrogens is 591 g/mol. The van der Waals surface area contributed by atoms with Crippen molar-refractivity contribution >= 4 is 80.1 Å². The Kier molecular flexibility index (Phi) is 9.13. The van der Waals surface area contributed by atoms with E-state index >= 15 is 0 Å². The molecule has 1 rings (SSSR count). The minimum atomic E-state index is -1.41. The van der Waals surface area contributed by atoms with Crippen molar-refractivity contribution in [2.75, 3.05) is 0 Å². The summed E-state index contributed by atoms with van der Waals surface area (Å²) >= 11 is -2.76. The molecule has 0 aromatic carbocycles. The van der Waals surface area contributed by atoms with Crippen LogP contribution in [0.25, 0.3) is 0 Å². The van der Waals surface area contributed by atoms with Crippen LogP contribution in [0, 0.1) is 0 Å². The van der Waals surface area contributed by atoms with Crippen LogP contribution in [0.4, 0.5) is 0 Å². The topological polar surface area (TPSA) is 13.0 Å². The summed E-state index contributed by atoms with van der Waals surface area (Å²) in [5, 5.41) is 0. The van der Waals surface area contributed by atoms with Crippen LogP contribution in [0.5, 0.6) is 0 Å². The van der Waals surface area contributed by atoms with Crippen LogP contribution < -0.4 is 0 Å². The molecule has 12 heteroatoms. The molecule has 0 aliphatic carbocycles. The van der Waals surface area contributed by atoms with E-state index in [4.69, 9.17) is 0 Å². The SMILES string of the molecule is C[Si](C)(C)N1[As](N([Si](C)(C)C)[Si](C)(C)C)N([Si](C)(C)C)[As]1N([Si](C)(C)C)[Si](C)(C)C. The van der Waals surface area contributed by atoms with Gasteiger partial charge in [0.05, 0.1) is 0 Å². The molecular formula is C18H54As2N4Si6. The number of rotatable bonds is 8. The third-order valence-corrected chi connectivity index (χ3v) is 69.3. The van der Waals surface area contributed by atoms with Crippen LogP contribution in [0.3, 0.4) is 0 Å². The van der Waals surface area contributed by atoms with Gasteiger partial charge in [0.15, 0.2) is 0 Å². The van der Waals surface area contributed by atoms with Gasteiger partial charge in [-0.25, -0.2) is 0 Å². The van der Waals surface area contributed by atoms with Crippen molar-refractivity contribution in [3.8, 4) is 0 Å². The van der Waals surface area contributed by atoms with Gasteiger partial charge in [-0.05, 0) is 0 Å². The Morgan fingerprint density at radius 3 is 0.633 bits per heavy atom. The molecule has 1 saturated heterocycles. The zero-order valence-electron chi connectivity index (χ0n) is 23.7. The normalized spacial score (nSPS) is 24.0. The standard InChI is InChI=1S/C18H54As2N4Si6/c1-25(2,3)21-19(23(27(7,8)9)28(10,11)12)22(26(4,5)6)20(21)24(29(13,14)15)30(16,17)18/h1-18H3. The monoisotopic (exact) mass is 644 g/mol. The van der Waals surface area contributed by atoms with E-state index in [2.05, 4.69) is 129 Å². The molecule has 0 N–H and O–H groups in total. The van der Waals surface area contributed by atoms with Gasteiger partial charge in [-0.1, -0.05) is 0 Å². The Balaban J connectivity index is 3.84. The van der Waals surface area contributed by atoms with Gasteiger partial charge < -0.3 is 0 Å². The van der Waals surface area contributed by atoms with E-state index in [0.717, 1.165) is 0 Å². The van der Waals surface area contributed by atoms with Crippen molar-refractivity contribution in [3.05, 3.63) is 0 Å². The number of hydrogen-bond acceptors (Lipinski definition) is 4. The van der Waals surface area contributed by atoms with Crippen molar-refractivity contribution in [2.45, 2.75) is 118 Å². The Labute approximate surface area is 207 Å². The summed E-state index contributed by atoms with van der Waals surface area (Å²) in [7, 11) is -8.44. The molecule has 1 heterocycles. The van der Waals surface area contributed by atoms with Gasteiger partial charge in [0.1, 0.15) is 0 Å². The summed E-state index contributed by atoms with van der Waals surface area (Å²) < 4.78 is 13.3. The van der Waals surface area contributed by atoms with Gasteiger partial charge in [0, 0.05) is 0 Å². The molecule has 0 spiro atoms. The van der Waals surface area contributed by atoms with Crippen LogP contribution in [-0.2, 0) is 0 Å². The Bertz CT molecular complexity index is 521. The molecule has 0 unspecified atom stereocenters. The van der Waals surface area contributed by atoms with E-state index in [-0.39, 0.29) is 0 Å². The predicted molar refractivity (Wildman–Crippen MR) is 159 cm³/mol. The van der Waals surface area contributed by atoms with E-state index in [1.165, 1.54) is 0 Å². The molecule has 1 aliphatic heterocycles. The van der Waals surface area contributed by atoms with Crippen molar-refractivity contribution in [3.63, 3.8) is 0 Å². The predicted octanol–water partition coefficient (Wildman–Crippen LogP) is 6.19. The van der Waals surface area contributed by atoms with Crippen molar-refractivity contribution in [1.29, 1.82) is 0 Å². The quantitative estimate of drug-likeness (QED) is 0.293. The number of hydrogen-bond donors (Lipinski definition) is 0. The first-order valence-electron chi connectivity index (χ1n) is 11.5. The fourth-order valence-electron chi connectivity index (χ4n) is 4.77. The van der Waals surface area contributed by atoms with Crippen molar-refractivity contribution in [1.82, 2.24) is 11.1 Å². The minimum absolute atomic E-state index is 1.38. The molecule has 0 bridgehead atoms.